The lowest BCUT2D eigenvalue weighted by atomic mass is 9.87. The van der Waals surface area contributed by atoms with Crippen molar-refractivity contribution in [1.82, 2.24) is 10.6 Å². The van der Waals surface area contributed by atoms with Crippen molar-refractivity contribution in [3.63, 3.8) is 0 Å². The molecule has 0 spiro atoms. The van der Waals surface area contributed by atoms with Crippen LogP contribution in [0.1, 0.15) is 72.7 Å². The van der Waals surface area contributed by atoms with Crippen LogP contribution in [0.2, 0.25) is 5.02 Å². The Kier molecular flexibility index (Phi) is 10.8. The molecule has 1 fully saturated rings. The Morgan fingerprint density at radius 3 is 2.26 bits per heavy atom. The van der Waals surface area contributed by atoms with Gasteiger partial charge in [-0.05, 0) is 81.3 Å². The fourth-order valence-electron chi connectivity index (χ4n) is 4.32. The molecule has 1 aliphatic carbocycles. The predicted molar refractivity (Wildman–Crippen MR) is 148 cm³/mol. The lowest BCUT2D eigenvalue weighted by Crippen LogP contribution is -2.46. The smallest absolute Gasteiger partial charge is 0.402 e. The van der Waals surface area contributed by atoms with Crippen molar-refractivity contribution < 1.29 is 41.1 Å². The Bertz CT molecular complexity index is 1290. The van der Waals surface area contributed by atoms with Gasteiger partial charge in [0.25, 0.3) is 18.2 Å². The highest BCUT2D eigenvalue weighted by Crippen LogP contribution is 2.37. The average molecular weight is 618 g/mol. The maximum absolute atomic E-state index is 13.2. The van der Waals surface area contributed by atoms with Crippen molar-refractivity contribution in [2.24, 2.45) is 11.3 Å². The first-order valence-electron chi connectivity index (χ1n) is 13.4. The van der Waals surface area contributed by atoms with E-state index in [1.165, 1.54) is 36.4 Å². The number of hydrogen-bond donors (Lipinski definition) is 3. The first-order chi connectivity index (χ1) is 19.6. The fraction of sp³-hybridized carbons (Fsp3) is 0.483. The lowest BCUT2D eigenvalue weighted by Gasteiger charge is -2.27. The summed E-state index contributed by atoms with van der Waals surface area (Å²) in [6, 6.07) is 8.01. The number of amides is 3. The number of anilines is 1. The molecule has 7 nitrogen and oxygen atoms in total. The molecule has 0 radical (unpaired) electrons. The van der Waals surface area contributed by atoms with Crippen molar-refractivity contribution >= 4 is 35.0 Å². The summed E-state index contributed by atoms with van der Waals surface area (Å²) in [5.74, 6) is -2.01. The van der Waals surface area contributed by atoms with Crippen molar-refractivity contribution in [3.05, 3.63) is 58.1 Å². The number of rotatable bonds is 10. The quantitative estimate of drug-likeness (QED) is 0.257. The van der Waals surface area contributed by atoms with Crippen LogP contribution in [-0.2, 0) is 11.3 Å². The molecule has 0 aromatic heterocycles. The van der Waals surface area contributed by atoms with Gasteiger partial charge in [-0.1, -0.05) is 24.6 Å². The lowest BCUT2D eigenvalue weighted by molar-refractivity contribution is -0.211. The summed E-state index contributed by atoms with van der Waals surface area (Å²) < 4.78 is 70.2. The molecule has 1 aliphatic rings. The highest BCUT2D eigenvalue weighted by molar-refractivity contribution is 6.34. The summed E-state index contributed by atoms with van der Waals surface area (Å²) >= 11 is 6.20. The minimum Gasteiger partial charge on any atom is -0.487 e. The molecule has 0 heterocycles. The first kappa shape index (κ1) is 33.1. The van der Waals surface area contributed by atoms with E-state index in [0.29, 0.717) is 11.5 Å². The molecule has 42 heavy (non-hydrogen) atoms. The van der Waals surface area contributed by atoms with Gasteiger partial charge in [0.15, 0.2) is 0 Å². The molecule has 0 saturated heterocycles. The van der Waals surface area contributed by atoms with E-state index in [0.717, 1.165) is 39.5 Å². The Labute approximate surface area is 245 Å². The molecule has 2 aromatic carbocycles. The van der Waals surface area contributed by atoms with Crippen LogP contribution < -0.4 is 20.7 Å². The molecule has 0 bridgehead atoms. The van der Waals surface area contributed by atoms with Gasteiger partial charge in [-0.3, -0.25) is 14.4 Å². The first-order valence-corrected chi connectivity index (χ1v) is 13.8. The van der Waals surface area contributed by atoms with E-state index >= 15 is 0 Å². The fourth-order valence-corrected chi connectivity index (χ4v) is 4.52. The van der Waals surface area contributed by atoms with E-state index in [2.05, 4.69) is 22.9 Å². The topological polar surface area (TPSA) is 96.5 Å². The summed E-state index contributed by atoms with van der Waals surface area (Å²) in [6.07, 6.45) is -4.08. The zero-order valence-corrected chi connectivity index (χ0v) is 24.1. The zero-order chi connectivity index (χ0) is 31.2. The van der Waals surface area contributed by atoms with Gasteiger partial charge in [-0.2, -0.15) is 13.2 Å². The summed E-state index contributed by atoms with van der Waals surface area (Å²) in [7, 11) is 0. The van der Waals surface area contributed by atoms with Gasteiger partial charge in [0.05, 0.1) is 16.1 Å². The zero-order valence-electron chi connectivity index (χ0n) is 23.3. The Morgan fingerprint density at radius 2 is 1.64 bits per heavy atom. The van der Waals surface area contributed by atoms with Gasteiger partial charge in [0, 0.05) is 18.3 Å². The van der Waals surface area contributed by atoms with E-state index in [-0.39, 0.29) is 40.2 Å². The molecule has 2 aromatic rings. The van der Waals surface area contributed by atoms with Crippen molar-refractivity contribution in [3.8, 4) is 5.75 Å². The third-order valence-corrected chi connectivity index (χ3v) is 7.53. The molecular weight excluding hydrogens is 585 g/mol. The number of hydrogen-bond acceptors (Lipinski definition) is 4. The van der Waals surface area contributed by atoms with Crippen molar-refractivity contribution in [2.75, 3.05) is 11.9 Å². The standard InChI is InChI=1S/C29H33ClF5N3O4/c1-16-4-7-18(8-5-16)37-26(40)21-13-19(9-11-23(21)42-15-24(31)32)38-25(39)20-12-17(6-10-22(20)30)14-36-27(41)28(2,3)29(33,34)35/h6,9-13,16,18,24H,4-5,7-8,14-15H2,1-3H3,(H,36,41)(H,37,40)(H,38,39). The van der Waals surface area contributed by atoms with E-state index in [4.69, 9.17) is 16.3 Å². The van der Waals surface area contributed by atoms with Crippen LogP contribution in [0.25, 0.3) is 0 Å². The van der Waals surface area contributed by atoms with Gasteiger partial charge >= 0.3 is 6.18 Å². The van der Waals surface area contributed by atoms with E-state index in [1.54, 1.807) is 0 Å². The highest BCUT2D eigenvalue weighted by atomic mass is 35.5. The predicted octanol–water partition coefficient (Wildman–Crippen LogP) is 6.75. The second-order valence-electron chi connectivity index (χ2n) is 10.9. The van der Waals surface area contributed by atoms with Crippen molar-refractivity contribution in [1.29, 1.82) is 0 Å². The van der Waals surface area contributed by atoms with Crippen LogP contribution in [0.5, 0.6) is 5.75 Å². The number of benzene rings is 2. The summed E-state index contributed by atoms with van der Waals surface area (Å²) in [5, 5.41) is 7.74. The number of alkyl halides is 5. The van der Waals surface area contributed by atoms with E-state index < -0.39 is 42.3 Å². The molecule has 3 N–H and O–H groups in total. The largest absolute Gasteiger partial charge is 0.487 e. The van der Waals surface area contributed by atoms with Crippen molar-refractivity contribution in [2.45, 2.75) is 71.6 Å². The molecule has 230 valence electrons. The Balaban J connectivity index is 1.77. The SMILES string of the molecule is CC1CCC(NC(=O)c2cc(NC(=O)c3cc(CNC(=O)C(C)(C)C(F)(F)F)ccc3Cl)ccc2OCC(F)F)CC1. The second-order valence-corrected chi connectivity index (χ2v) is 11.3. The van der Waals surface area contributed by atoms with Gasteiger partial charge in [-0.25, -0.2) is 8.78 Å². The maximum Gasteiger partial charge on any atom is 0.402 e. The van der Waals surface area contributed by atoms with Gasteiger partial charge < -0.3 is 20.7 Å². The molecule has 0 unspecified atom stereocenters. The second kappa shape index (κ2) is 13.7. The van der Waals surface area contributed by atoms with Crippen LogP contribution in [-0.4, -0.2) is 43.0 Å². The van der Waals surface area contributed by atoms with Gasteiger partial charge in [0.1, 0.15) is 17.8 Å². The van der Waals surface area contributed by atoms with Crippen LogP contribution in [0.15, 0.2) is 36.4 Å². The average Bonchev–Trinajstić information content (AvgIpc) is 2.92. The summed E-state index contributed by atoms with van der Waals surface area (Å²) in [5.41, 5.74) is -2.24. The molecular formula is C29H33ClF5N3O4. The third kappa shape index (κ3) is 8.56. The molecule has 13 heteroatoms. The van der Waals surface area contributed by atoms with Gasteiger partial charge in [-0.15, -0.1) is 0 Å². The number of ether oxygens (including phenoxy) is 1. The summed E-state index contributed by atoms with van der Waals surface area (Å²) in [6.45, 7) is 2.43. The van der Waals surface area contributed by atoms with Crippen LogP contribution >= 0.6 is 11.6 Å². The minimum atomic E-state index is -4.76. The number of nitrogens with one attached hydrogen (secondary N) is 3. The highest BCUT2D eigenvalue weighted by Gasteiger charge is 2.52. The number of carbonyl (C=O) groups excluding carboxylic acids is 3. The Morgan fingerprint density at radius 1 is 0.976 bits per heavy atom. The van der Waals surface area contributed by atoms with Crippen LogP contribution in [0.4, 0.5) is 27.6 Å². The summed E-state index contributed by atoms with van der Waals surface area (Å²) in [4.78, 5) is 38.3. The van der Waals surface area contributed by atoms with Crippen LogP contribution in [0.3, 0.4) is 0 Å². The van der Waals surface area contributed by atoms with E-state index in [1.807, 2.05) is 0 Å². The van der Waals surface area contributed by atoms with E-state index in [9.17, 15) is 36.3 Å². The molecule has 3 amide bonds. The molecule has 3 rings (SSSR count). The maximum atomic E-state index is 13.2. The normalized spacial score (nSPS) is 17.5. The monoisotopic (exact) mass is 617 g/mol. The number of carbonyl (C=O) groups is 3. The minimum absolute atomic E-state index is 0.0274. The Hall–Kier alpha value is -3.41. The van der Waals surface area contributed by atoms with Crippen LogP contribution in [0, 0.1) is 11.3 Å². The molecule has 0 aliphatic heterocycles. The number of halogens is 6. The molecule has 0 atom stereocenters. The third-order valence-electron chi connectivity index (χ3n) is 7.20. The molecule has 1 saturated carbocycles. The van der Waals surface area contributed by atoms with Gasteiger partial charge in [0.2, 0.25) is 5.91 Å².